The molecule has 6 heteroatoms. The zero-order chi connectivity index (χ0) is 14.0. The third kappa shape index (κ3) is 2.59. The topological polar surface area (TPSA) is 72.3 Å². The second-order valence-corrected chi connectivity index (χ2v) is 5.00. The van der Waals surface area contributed by atoms with Crippen LogP contribution in [-0.2, 0) is 22.6 Å². The Morgan fingerprint density at radius 3 is 2.79 bits per heavy atom. The van der Waals surface area contributed by atoms with Crippen LogP contribution in [0.1, 0.15) is 29.4 Å². The molecule has 19 heavy (non-hydrogen) atoms. The van der Waals surface area contributed by atoms with Gasteiger partial charge in [0.1, 0.15) is 4.83 Å². The monoisotopic (exact) mass is 280 g/mol. The SMILES string of the molecule is CCOC(=O)Cc1c(C)nc2snc(CO)c2c1C. The molecular formula is C13H16N2O3S. The second kappa shape index (κ2) is 5.63. The number of aryl methyl sites for hydroxylation is 2. The molecule has 0 unspecified atom stereocenters. The van der Waals surface area contributed by atoms with E-state index in [2.05, 4.69) is 9.36 Å². The van der Waals surface area contributed by atoms with Crippen molar-refractivity contribution in [2.45, 2.75) is 33.8 Å². The number of fused-ring (bicyclic) bond motifs is 1. The Morgan fingerprint density at radius 1 is 1.42 bits per heavy atom. The minimum Gasteiger partial charge on any atom is -0.466 e. The van der Waals surface area contributed by atoms with Gasteiger partial charge in [0.05, 0.1) is 25.3 Å². The maximum Gasteiger partial charge on any atom is 0.310 e. The van der Waals surface area contributed by atoms with Gasteiger partial charge in [0.2, 0.25) is 0 Å². The zero-order valence-corrected chi connectivity index (χ0v) is 12.0. The van der Waals surface area contributed by atoms with Gasteiger partial charge in [-0.1, -0.05) is 0 Å². The van der Waals surface area contributed by atoms with E-state index < -0.39 is 0 Å². The van der Waals surface area contributed by atoms with Crippen molar-refractivity contribution in [1.82, 2.24) is 9.36 Å². The van der Waals surface area contributed by atoms with Crippen LogP contribution in [0.2, 0.25) is 0 Å². The minimum atomic E-state index is -0.261. The maximum atomic E-state index is 11.6. The average molecular weight is 280 g/mol. The molecule has 2 heterocycles. The van der Waals surface area contributed by atoms with Crippen LogP contribution in [0.3, 0.4) is 0 Å². The fourth-order valence-corrected chi connectivity index (χ4v) is 3.02. The summed E-state index contributed by atoms with van der Waals surface area (Å²) < 4.78 is 9.16. The van der Waals surface area contributed by atoms with E-state index in [1.165, 1.54) is 11.5 Å². The molecule has 0 aliphatic rings. The van der Waals surface area contributed by atoms with E-state index in [0.717, 1.165) is 27.0 Å². The molecule has 2 aromatic heterocycles. The number of aliphatic hydroxyl groups is 1. The van der Waals surface area contributed by atoms with Crippen molar-refractivity contribution in [1.29, 1.82) is 0 Å². The first-order valence-electron chi connectivity index (χ1n) is 6.09. The van der Waals surface area contributed by atoms with Crippen molar-refractivity contribution < 1.29 is 14.6 Å². The Hall–Kier alpha value is -1.53. The Kier molecular flexibility index (Phi) is 4.11. The highest BCUT2D eigenvalue weighted by atomic mass is 32.1. The minimum absolute atomic E-state index is 0.121. The van der Waals surface area contributed by atoms with Gasteiger partial charge in [0.15, 0.2) is 0 Å². The van der Waals surface area contributed by atoms with Crippen LogP contribution < -0.4 is 0 Å². The largest absolute Gasteiger partial charge is 0.466 e. The summed E-state index contributed by atoms with van der Waals surface area (Å²) in [6.07, 6.45) is 0.204. The number of hydrogen-bond acceptors (Lipinski definition) is 6. The van der Waals surface area contributed by atoms with E-state index in [1.54, 1.807) is 6.92 Å². The van der Waals surface area contributed by atoms with Gasteiger partial charge < -0.3 is 9.84 Å². The first-order chi connectivity index (χ1) is 9.08. The molecule has 0 fully saturated rings. The Morgan fingerprint density at radius 2 is 2.16 bits per heavy atom. The number of carbonyl (C=O) groups excluding carboxylic acids is 1. The molecule has 102 valence electrons. The van der Waals surface area contributed by atoms with E-state index in [1.807, 2.05) is 13.8 Å². The van der Waals surface area contributed by atoms with Gasteiger partial charge in [0.25, 0.3) is 0 Å². The average Bonchev–Trinajstić information content (AvgIpc) is 2.77. The molecule has 0 bridgehead atoms. The predicted octanol–water partition coefficient (Wildman–Crippen LogP) is 1.91. The van der Waals surface area contributed by atoms with Crippen LogP contribution in [0.4, 0.5) is 0 Å². The maximum absolute atomic E-state index is 11.6. The lowest BCUT2D eigenvalue weighted by Crippen LogP contribution is -2.11. The standard InChI is InChI=1S/C13H16N2O3S/c1-4-18-11(17)5-9-7(2)12-10(6-16)15-19-13(12)14-8(9)3/h16H,4-6H2,1-3H3. The molecule has 2 aromatic rings. The Balaban J connectivity index is 2.51. The van der Waals surface area contributed by atoms with Gasteiger partial charge in [-0.25, -0.2) is 4.98 Å². The first-order valence-corrected chi connectivity index (χ1v) is 6.86. The molecule has 0 aliphatic carbocycles. The van der Waals surface area contributed by atoms with Crippen LogP contribution in [0.15, 0.2) is 0 Å². The molecule has 0 spiro atoms. The molecule has 0 aromatic carbocycles. The van der Waals surface area contributed by atoms with Gasteiger partial charge >= 0.3 is 5.97 Å². The summed E-state index contributed by atoms with van der Waals surface area (Å²) >= 11 is 1.27. The van der Waals surface area contributed by atoms with Gasteiger partial charge in [-0.05, 0) is 43.4 Å². The Labute approximate surface area is 115 Å². The molecule has 0 atom stereocenters. The van der Waals surface area contributed by atoms with E-state index >= 15 is 0 Å². The number of rotatable bonds is 4. The lowest BCUT2D eigenvalue weighted by atomic mass is 10.0. The lowest BCUT2D eigenvalue weighted by molar-refractivity contribution is -0.142. The van der Waals surface area contributed by atoms with Gasteiger partial charge in [0, 0.05) is 11.1 Å². The summed E-state index contributed by atoms with van der Waals surface area (Å²) in [4.78, 5) is 16.9. The van der Waals surface area contributed by atoms with Crippen molar-refractivity contribution >= 4 is 27.7 Å². The molecule has 0 amide bonds. The quantitative estimate of drug-likeness (QED) is 0.866. The molecule has 0 saturated carbocycles. The van der Waals surface area contributed by atoms with Gasteiger partial charge in [-0.3, -0.25) is 4.79 Å². The first kappa shape index (κ1) is 13.9. The van der Waals surface area contributed by atoms with Crippen molar-refractivity contribution in [2.75, 3.05) is 6.61 Å². The van der Waals surface area contributed by atoms with Crippen LogP contribution in [-0.4, -0.2) is 27.0 Å². The number of nitrogens with zero attached hydrogens (tertiary/aromatic N) is 2. The normalized spacial score (nSPS) is 10.9. The summed E-state index contributed by atoms with van der Waals surface area (Å²) in [6.45, 7) is 5.84. The van der Waals surface area contributed by atoms with E-state index in [4.69, 9.17) is 4.74 Å². The highest BCUT2D eigenvalue weighted by Gasteiger charge is 2.17. The number of aliphatic hydroxyl groups excluding tert-OH is 1. The third-order valence-electron chi connectivity index (χ3n) is 3.05. The summed E-state index contributed by atoms with van der Waals surface area (Å²) in [7, 11) is 0. The molecule has 2 rings (SSSR count). The van der Waals surface area contributed by atoms with Crippen molar-refractivity contribution in [2.24, 2.45) is 0 Å². The zero-order valence-electron chi connectivity index (χ0n) is 11.2. The predicted molar refractivity (Wildman–Crippen MR) is 73.1 cm³/mol. The van der Waals surface area contributed by atoms with E-state index in [-0.39, 0.29) is 19.0 Å². The number of carbonyl (C=O) groups is 1. The highest BCUT2D eigenvalue weighted by molar-refractivity contribution is 7.13. The Bertz CT molecular complexity index is 622. The number of aromatic nitrogens is 2. The molecular weight excluding hydrogens is 264 g/mol. The van der Waals surface area contributed by atoms with E-state index in [9.17, 15) is 9.90 Å². The summed E-state index contributed by atoms with van der Waals surface area (Å²) in [6, 6.07) is 0. The number of pyridine rings is 1. The smallest absolute Gasteiger partial charge is 0.310 e. The third-order valence-corrected chi connectivity index (χ3v) is 3.83. The highest BCUT2D eigenvalue weighted by Crippen LogP contribution is 2.28. The number of hydrogen-bond donors (Lipinski definition) is 1. The number of ether oxygens (including phenoxy) is 1. The van der Waals surface area contributed by atoms with Crippen molar-refractivity contribution in [3.8, 4) is 0 Å². The van der Waals surface area contributed by atoms with Crippen LogP contribution in [0.25, 0.3) is 10.2 Å². The van der Waals surface area contributed by atoms with E-state index in [0.29, 0.717) is 12.3 Å². The summed E-state index contributed by atoms with van der Waals surface area (Å²) in [5, 5.41) is 10.2. The van der Waals surface area contributed by atoms with Crippen molar-refractivity contribution in [3.63, 3.8) is 0 Å². The van der Waals surface area contributed by atoms with Gasteiger partial charge in [-0.15, -0.1) is 0 Å². The molecule has 5 nitrogen and oxygen atoms in total. The summed E-state index contributed by atoms with van der Waals surface area (Å²) in [5.41, 5.74) is 3.25. The summed E-state index contributed by atoms with van der Waals surface area (Å²) in [5.74, 6) is -0.261. The van der Waals surface area contributed by atoms with Crippen molar-refractivity contribution in [3.05, 3.63) is 22.5 Å². The fourth-order valence-electron chi connectivity index (χ4n) is 2.13. The number of esters is 1. The molecule has 0 saturated heterocycles. The molecule has 0 radical (unpaired) electrons. The van der Waals surface area contributed by atoms with Crippen LogP contribution in [0.5, 0.6) is 0 Å². The van der Waals surface area contributed by atoms with Gasteiger partial charge in [-0.2, -0.15) is 4.37 Å². The fraction of sp³-hybridized carbons (Fsp3) is 0.462. The van der Waals surface area contributed by atoms with Crippen LogP contribution >= 0.6 is 11.5 Å². The van der Waals surface area contributed by atoms with Crippen LogP contribution in [0, 0.1) is 13.8 Å². The molecule has 1 N–H and O–H groups in total. The molecule has 0 aliphatic heterocycles. The lowest BCUT2D eigenvalue weighted by Gasteiger charge is -2.10. The second-order valence-electron chi connectivity index (χ2n) is 4.25.